The largest absolute Gasteiger partial charge is 0.289 e. The molecule has 3 nitrogen and oxygen atoms in total. The summed E-state index contributed by atoms with van der Waals surface area (Å²) in [5, 5.41) is 8.07. The molecule has 0 aliphatic carbocycles. The third kappa shape index (κ3) is 1.93. The zero-order valence-corrected chi connectivity index (χ0v) is 5.36. The Labute approximate surface area is 48.7 Å². The molecule has 0 aromatic carbocycles. The van der Waals surface area contributed by atoms with Crippen LogP contribution in [0.25, 0.3) is 0 Å². The minimum atomic E-state index is -0.491. The van der Waals surface area contributed by atoms with Crippen LogP contribution in [0, 0.1) is 5.41 Å². The monoisotopic (exact) mass is 117 g/mol. The van der Waals surface area contributed by atoms with Crippen molar-refractivity contribution in [1.82, 2.24) is 5.48 Å². The van der Waals surface area contributed by atoms with Crippen molar-refractivity contribution in [3.8, 4) is 0 Å². The van der Waals surface area contributed by atoms with Gasteiger partial charge in [-0.2, -0.15) is 0 Å². The molecule has 0 saturated carbocycles. The van der Waals surface area contributed by atoms with Crippen molar-refractivity contribution in [3.05, 3.63) is 0 Å². The van der Waals surface area contributed by atoms with Crippen LogP contribution in [0.15, 0.2) is 0 Å². The van der Waals surface area contributed by atoms with Gasteiger partial charge in [-0.15, -0.1) is 0 Å². The molecule has 0 fully saturated rings. The molecular weight excluding hydrogens is 106 g/mol. The van der Waals surface area contributed by atoms with Crippen LogP contribution in [0.1, 0.15) is 20.8 Å². The minimum absolute atomic E-state index is 0.363. The Morgan fingerprint density at radius 1 is 1.50 bits per heavy atom. The highest BCUT2D eigenvalue weighted by atomic mass is 16.5. The fraction of sp³-hybridized carbons (Fsp3) is 0.800. The zero-order chi connectivity index (χ0) is 6.78. The summed E-state index contributed by atoms with van der Waals surface area (Å²) in [7, 11) is 0. The van der Waals surface area contributed by atoms with E-state index in [2.05, 4.69) is 0 Å². The third-order valence-corrected chi connectivity index (χ3v) is 0.783. The molecule has 0 aromatic heterocycles. The predicted octanol–water partition coefficient (Wildman–Crippen LogP) is 0.538. The molecule has 0 spiro atoms. The lowest BCUT2D eigenvalue weighted by atomic mass is 9.96. The maximum Gasteiger partial charge on any atom is 0.248 e. The molecule has 0 aromatic rings. The van der Waals surface area contributed by atoms with E-state index in [1.54, 1.807) is 26.3 Å². The Morgan fingerprint density at radius 3 is 1.88 bits per heavy atom. The SMILES string of the molecule is CC(C)(C)C(=O)NO. The number of amides is 1. The molecular formula is C5H11NO2. The Morgan fingerprint density at radius 2 is 1.88 bits per heavy atom. The minimum Gasteiger partial charge on any atom is -0.289 e. The summed E-state index contributed by atoms with van der Waals surface area (Å²) in [4.78, 5) is 10.5. The van der Waals surface area contributed by atoms with Crippen LogP contribution < -0.4 is 5.48 Å². The van der Waals surface area contributed by atoms with Crippen molar-refractivity contribution in [2.24, 2.45) is 5.41 Å². The molecule has 0 radical (unpaired) electrons. The zero-order valence-electron chi connectivity index (χ0n) is 5.36. The van der Waals surface area contributed by atoms with Gasteiger partial charge in [0.2, 0.25) is 5.91 Å². The number of hydrogen-bond donors (Lipinski definition) is 2. The van der Waals surface area contributed by atoms with Gasteiger partial charge in [0.05, 0.1) is 0 Å². The second-order valence-electron chi connectivity index (χ2n) is 2.69. The highest BCUT2D eigenvalue weighted by Gasteiger charge is 2.19. The maximum atomic E-state index is 10.5. The summed E-state index contributed by atoms with van der Waals surface area (Å²) in [6, 6.07) is 0. The van der Waals surface area contributed by atoms with Crippen molar-refractivity contribution in [2.45, 2.75) is 20.8 Å². The maximum absolute atomic E-state index is 10.5. The molecule has 0 saturated heterocycles. The highest BCUT2D eigenvalue weighted by Crippen LogP contribution is 2.11. The molecule has 3 heteroatoms. The Balaban J connectivity index is 3.82. The fourth-order valence-corrected chi connectivity index (χ4v) is 0.168. The highest BCUT2D eigenvalue weighted by molar-refractivity contribution is 5.80. The molecule has 0 rings (SSSR count). The first-order chi connectivity index (χ1) is 3.48. The number of hydroxylamine groups is 1. The van der Waals surface area contributed by atoms with Gasteiger partial charge >= 0.3 is 0 Å². The Kier molecular flexibility index (Phi) is 1.98. The predicted molar refractivity (Wildman–Crippen MR) is 29.4 cm³/mol. The quantitative estimate of drug-likeness (QED) is 0.359. The van der Waals surface area contributed by atoms with Gasteiger partial charge in [0.15, 0.2) is 0 Å². The van der Waals surface area contributed by atoms with Crippen LogP contribution in [-0.4, -0.2) is 11.1 Å². The van der Waals surface area contributed by atoms with Crippen LogP contribution in [0.4, 0.5) is 0 Å². The lowest BCUT2D eigenvalue weighted by Crippen LogP contribution is -2.32. The first kappa shape index (κ1) is 7.43. The molecule has 0 aliphatic rings. The first-order valence-corrected chi connectivity index (χ1v) is 2.43. The Bertz CT molecular complexity index is 93.1. The number of carbonyl (C=O) groups excluding carboxylic acids is 1. The lowest BCUT2D eigenvalue weighted by Gasteiger charge is -2.13. The molecule has 0 unspecified atom stereocenters. The van der Waals surface area contributed by atoms with E-state index in [0.717, 1.165) is 0 Å². The van der Waals surface area contributed by atoms with E-state index in [1.165, 1.54) is 0 Å². The van der Waals surface area contributed by atoms with E-state index in [0.29, 0.717) is 0 Å². The van der Waals surface area contributed by atoms with Crippen molar-refractivity contribution in [1.29, 1.82) is 0 Å². The molecule has 2 N–H and O–H groups in total. The number of nitrogens with one attached hydrogen (secondary N) is 1. The Hall–Kier alpha value is -0.570. The molecule has 1 amide bonds. The lowest BCUT2D eigenvalue weighted by molar-refractivity contribution is -0.137. The van der Waals surface area contributed by atoms with E-state index in [1.807, 2.05) is 0 Å². The second-order valence-corrected chi connectivity index (χ2v) is 2.69. The smallest absolute Gasteiger partial charge is 0.248 e. The van der Waals surface area contributed by atoms with Gasteiger partial charge in [-0.3, -0.25) is 10.0 Å². The number of rotatable bonds is 0. The van der Waals surface area contributed by atoms with Crippen molar-refractivity contribution < 1.29 is 10.0 Å². The van der Waals surface area contributed by atoms with Crippen molar-refractivity contribution in [2.75, 3.05) is 0 Å². The summed E-state index contributed by atoms with van der Waals surface area (Å²) < 4.78 is 0. The van der Waals surface area contributed by atoms with E-state index >= 15 is 0 Å². The average molecular weight is 117 g/mol. The molecule has 8 heavy (non-hydrogen) atoms. The molecule has 0 aliphatic heterocycles. The van der Waals surface area contributed by atoms with E-state index in [-0.39, 0.29) is 5.91 Å². The standard InChI is InChI=1S/C5H11NO2/c1-5(2,3)4(7)6-8/h8H,1-3H3,(H,6,7). The van der Waals surface area contributed by atoms with Gasteiger partial charge in [-0.1, -0.05) is 20.8 Å². The average Bonchev–Trinajstić information content (AvgIpc) is 1.62. The summed E-state index contributed by atoms with van der Waals surface area (Å²) in [5.74, 6) is -0.363. The van der Waals surface area contributed by atoms with Crippen LogP contribution in [0.3, 0.4) is 0 Å². The van der Waals surface area contributed by atoms with Gasteiger partial charge in [0.1, 0.15) is 0 Å². The summed E-state index contributed by atoms with van der Waals surface area (Å²) in [6.45, 7) is 5.16. The second kappa shape index (κ2) is 2.13. The normalized spacial score (nSPS) is 11.0. The van der Waals surface area contributed by atoms with Gasteiger partial charge in [0, 0.05) is 5.41 Å². The van der Waals surface area contributed by atoms with Gasteiger partial charge < -0.3 is 0 Å². The number of carbonyl (C=O) groups is 1. The molecule has 0 heterocycles. The van der Waals surface area contributed by atoms with Crippen LogP contribution in [-0.2, 0) is 4.79 Å². The topological polar surface area (TPSA) is 49.3 Å². The molecule has 0 bridgehead atoms. The van der Waals surface area contributed by atoms with Crippen LogP contribution in [0.2, 0.25) is 0 Å². The van der Waals surface area contributed by atoms with E-state index < -0.39 is 5.41 Å². The van der Waals surface area contributed by atoms with Crippen molar-refractivity contribution >= 4 is 5.91 Å². The summed E-state index contributed by atoms with van der Waals surface area (Å²) in [5.41, 5.74) is 1.07. The first-order valence-electron chi connectivity index (χ1n) is 2.43. The van der Waals surface area contributed by atoms with Crippen LogP contribution >= 0.6 is 0 Å². The van der Waals surface area contributed by atoms with Gasteiger partial charge in [-0.25, -0.2) is 5.48 Å². The summed E-state index contributed by atoms with van der Waals surface area (Å²) >= 11 is 0. The van der Waals surface area contributed by atoms with Crippen molar-refractivity contribution in [3.63, 3.8) is 0 Å². The third-order valence-electron chi connectivity index (χ3n) is 0.783. The van der Waals surface area contributed by atoms with Gasteiger partial charge in [-0.05, 0) is 0 Å². The fourth-order valence-electron chi connectivity index (χ4n) is 0.168. The van der Waals surface area contributed by atoms with Crippen LogP contribution in [0.5, 0.6) is 0 Å². The van der Waals surface area contributed by atoms with Gasteiger partial charge in [0.25, 0.3) is 0 Å². The molecule has 48 valence electrons. The number of hydrogen-bond acceptors (Lipinski definition) is 2. The summed E-state index contributed by atoms with van der Waals surface area (Å²) in [6.07, 6.45) is 0. The van der Waals surface area contributed by atoms with E-state index in [4.69, 9.17) is 5.21 Å². The van der Waals surface area contributed by atoms with E-state index in [9.17, 15) is 4.79 Å². The molecule has 0 atom stereocenters.